The maximum Gasteiger partial charge on any atom is 0.0750 e. The molecule has 0 radical (unpaired) electrons. The van der Waals surface area contributed by atoms with Gasteiger partial charge >= 0.3 is 0 Å². The number of nitrogens with zero attached hydrogens (tertiary/aromatic N) is 1. The summed E-state index contributed by atoms with van der Waals surface area (Å²) in [5, 5.41) is 5.17. The summed E-state index contributed by atoms with van der Waals surface area (Å²) in [7, 11) is 0. The molecule has 0 aromatic carbocycles. The minimum Gasteiger partial charge on any atom is -0.273 e. The summed E-state index contributed by atoms with van der Waals surface area (Å²) in [5.41, 5.74) is 2.73. The van der Waals surface area contributed by atoms with Crippen molar-refractivity contribution in [1.82, 2.24) is 0 Å². The van der Waals surface area contributed by atoms with Gasteiger partial charge in [-0.1, -0.05) is 19.9 Å². The Morgan fingerprint density at radius 1 is 1.60 bits per heavy atom. The average Bonchev–Trinajstić information content (AvgIpc) is 1.89. The first-order valence-electron chi connectivity index (χ1n) is 3.26. The van der Waals surface area contributed by atoms with Crippen molar-refractivity contribution in [2.75, 3.05) is 0 Å². The molecule has 0 aliphatic carbocycles. The molecule has 58 valence electrons. The summed E-state index contributed by atoms with van der Waals surface area (Å²) in [5.74, 6) is 0.480. The second kappa shape index (κ2) is 5.50. The standard InChI is InChI=1S/C7H14N2S/c1-4-7(6(2)3)9-5-10-8/h4-6H,8H2,1-3H3/b7-4-,9-5?. The van der Waals surface area contributed by atoms with Gasteiger partial charge in [-0.25, -0.2) is 0 Å². The molecule has 2 N–H and O–H groups in total. The first-order valence-corrected chi connectivity index (χ1v) is 4.21. The van der Waals surface area contributed by atoms with Crippen LogP contribution in [0, 0.1) is 5.92 Å². The van der Waals surface area contributed by atoms with E-state index in [0.29, 0.717) is 5.92 Å². The first-order chi connectivity index (χ1) is 4.72. The second-order valence-corrected chi connectivity index (χ2v) is 2.72. The number of nitrogens with two attached hydrogens (primary N) is 1. The summed E-state index contributed by atoms with van der Waals surface area (Å²) < 4.78 is 0. The maximum atomic E-state index is 5.17. The van der Waals surface area contributed by atoms with Gasteiger partial charge in [0, 0.05) is 5.70 Å². The molecule has 0 heterocycles. The number of aliphatic imine (C=N–C) groups is 1. The van der Waals surface area contributed by atoms with E-state index in [2.05, 4.69) is 18.8 Å². The van der Waals surface area contributed by atoms with Crippen LogP contribution in [0.15, 0.2) is 16.8 Å². The van der Waals surface area contributed by atoms with E-state index in [1.165, 1.54) is 0 Å². The Hall–Kier alpha value is -0.280. The quantitative estimate of drug-likeness (QED) is 0.388. The lowest BCUT2D eigenvalue weighted by Crippen LogP contribution is -1.90. The van der Waals surface area contributed by atoms with Gasteiger partial charge in [-0.15, -0.1) is 0 Å². The Bertz CT molecular complexity index is 139. The maximum absolute atomic E-state index is 5.17. The second-order valence-electron chi connectivity index (χ2n) is 2.24. The molecular weight excluding hydrogens is 144 g/mol. The topological polar surface area (TPSA) is 38.4 Å². The lowest BCUT2D eigenvalue weighted by Gasteiger charge is -2.02. The highest BCUT2D eigenvalue weighted by Crippen LogP contribution is 2.09. The molecule has 0 aromatic heterocycles. The fourth-order valence-electron chi connectivity index (χ4n) is 0.648. The lowest BCUT2D eigenvalue weighted by molar-refractivity contribution is 0.757. The molecule has 2 nitrogen and oxygen atoms in total. The molecule has 0 unspecified atom stereocenters. The van der Waals surface area contributed by atoms with Crippen molar-refractivity contribution in [1.29, 1.82) is 0 Å². The molecule has 0 atom stereocenters. The Morgan fingerprint density at radius 2 is 2.20 bits per heavy atom. The summed E-state index contributed by atoms with van der Waals surface area (Å²) in [6.07, 6.45) is 2.00. The zero-order chi connectivity index (χ0) is 7.98. The highest BCUT2D eigenvalue weighted by Gasteiger charge is 1.96. The Balaban J connectivity index is 3.98. The van der Waals surface area contributed by atoms with Crippen LogP contribution in [0.2, 0.25) is 0 Å². The zero-order valence-electron chi connectivity index (χ0n) is 6.66. The normalized spacial score (nSPS) is 13.5. The molecule has 0 fully saturated rings. The van der Waals surface area contributed by atoms with Gasteiger partial charge in [0.1, 0.15) is 0 Å². The minimum atomic E-state index is 0.480. The van der Waals surface area contributed by atoms with Gasteiger partial charge in [-0.05, 0) is 24.8 Å². The van der Waals surface area contributed by atoms with E-state index in [1.807, 2.05) is 13.0 Å². The van der Waals surface area contributed by atoms with E-state index in [1.54, 1.807) is 5.55 Å². The smallest absolute Gasteiger partial charge is 0.0750 e. The van der Waals surface area contributed by atoms with Gasteiger partial charge in [0.05, 0.1) is 5.55 Å². The predicted octanol–water partition coefficient (Wildman–Crippen LogP) is 2.18. The molecule has 0 rings (SSSR count). The minimum absolute atomic E-state index is 0.480. The molecule has 0 aliphatic heterocycles. The zero-order valence-corrected chi connectivity index (χ0v) is 7.48. The van der Waals surface area contributed by atoms with E-state index in [-0.39, 0.29) is 0 Å². The third-order valence-electron chi connectivity index (χ3n) is 1.15. The van der Waals surface area contributed by atoms with Gasteiger partial charge in [-0.2, -0.15) is 0 Å². The van der Waals surface area contributed by atoms with Gasteiger partial charge in [0.15, 0.2) is 0 Å². The van der Waals surface area contributed by atoms with Crippen molar-refractivity contribution in [3.63, 3.8) is 0 Å². The average molecular weight is 158 g/mol. The third kappa shape index (κ3) is 3.69. The number of allylic oxidation sites excluding steroid dienone is 2. The highest BCUT2D eigenvalue weighted by molar-refractivity contribution is 8.10. The summed E-state index contributed by atoms with van der Waals surface area (Å²) in [6, 6.07) is 0. The van der Waals surface area contributed by atoms with Crippen LogP contribution in [-0.4, -0.2) is 5.55 Å². The van der Waals surface area contributed by atoms with E-state index in [0.717, 1.165) is 17.6 Å². The lowest BCUT2D eigenvalue weighted by atomic mass is 10.1. The van der Waals surface area contributed by atoms with Crippen LogP contribution in [0.1, 0.15) is 20.8 Å². The fraction of sp³-hybridized carbons (Fsp3) is 0.571. The van der Waals surface area contributed by atoms with Crippen LogP contribution < -0.4 is 5.14 Å². The monoisotopic (exact) mass is 158 g/mol. The van der Waals surface area contributed by atoms with Crippen LogP contribution in [0.5, 0.6) is 0 Å². The molecule has 0 saturated carbocycles. The predicted molar refractivity (Wildman–Crippen MR) is 48.9 cm³/mol. The van der Waals surface area contributed by atoms with Gasteiger partial charge in [0.2, 0.25) is 0 Å². The Morgan fingerprint density at radius 3 is 2.50 bits per heavy atom. The van der Waals surface area contributed by atoms with Crippen molar-refractivity contribution in [3.8, 4) is 0 Å². The summed E-state index contributed by atoms with van der Waals surface area (Å²) in [4.78, 5) is 4.13. The third-order valence-corrected chi connectivity index (χ3v) is 1.38. The molecule has 0 spiro atoms. The highest BCUT2D eigenvalue weighted by atomic mass is 32.2. The van der Waals surface area contributed by atoms with Gasteiger partial charge < -0.3 is 0 Å². The molecular formula is C7H14N2S. The molecule has 10 heavy (non-hydrogen) atoms. The molecule has 0 aromatic rings. The molecule has 3 heteroatoms. The van der Waals surface area contributed by atoms with E-state index >= 15 is 0 Å². The van der Waals surface area contributed by atoms with E-state index in [4.69, 9.17) is 5.14 Å². The fourth-order valence-corrected chi connectivity index (χ4v) is 0.831. The van der Waals surface area contributed by atoms with Crippen molar-refractivity contribution in [2.24, 2.45) is 16.0 Å². The van der Waals surface area contributed by atoms with Crippen LogP contribution >= 0.6 is 11.9 Å². The number of hydrogen-bond acceptors (Lipinski definition) is 3. The van der Waals surface area contributed by atoms with Gasteiger partial charge in [-0.3, -0.25) is 10.1 Å². The van der Waals surface area contributed by atoms with E-state index < -0.39 is 0 Å². The number of rotatable bonds is 3. The molecule has 0 amide bonds. The summed E-state index contributed by atoms with van der Waals surface area (Å²) in [6.45, 7) is 6.19. The van der Waals surface area contributed by atoms with Crippen molar-refractivity contribution < 1.29 is 0 Å². The van der Waals surface area contributed by atoms with Crippen LogP contribution in [0.25, 0.3) is 0 Å². The molecule has 0 aliphatic rings. The summed E-state index contributed by atoms with van der Waals surface area (Å²) >= 11 is 1.13. The van der Waals surface area contributed by atoms with Crippen LogP contribution in [0.3, 0.4) is 0 Å². The molecule has 0 bridgehead atoms. The van der Waals surface area contributed by atoms with Gasteiger partial charge in [0.25, 0.3) is 0 Å². The Labute approximate surface area is 66.7 Å². The van der Waals surface area contributed by atoms with Crippen molar-refractivity contribution in [3.05, 3.63) is 11.8 Å². The van der Waals surface area contributed by atoms with Crippen LogP contribution in [-0.2, 0) is 0 Å². The van der Waals surface area contributed by atoms with Crippen LogP contribution in [0.4, 0.5) is 0 Å². The van der Waals surface area contributed by atoms with Crippen molar-refractivity contribution >= 4 is 17.5 Å². The molecule has 0 saturated heterocycles. The first kappa shape index (κ1) is 9.72. The number of hydrogen-bond donors (Lipinski definition) is 1. The SMILES string of the molecule is C/C=C(\N=CSN)C(C)C. The van der Waals surface area contributed by atoms with E-state index in [9.17, 15) is 0 Å². The Kier molecular flexibility index (Phi) is 5.35. The van der Waals surface area contributed by atoms with Crippen molar-refractivity contribution in [2.45, 2.75) is 20.8 Å². The largest absolute Gasteiger partial charge is 0.273 e.